The fraction of sp³-hybridized carbons (Fsp3) is 0.182. The van der Waals surface area contributed by atoms with Gasteiger partial charge in [0.25, 0.3) is 0 Å². The maximum Gasteiger partial charge on any atom is 0.328 e. The molecule has 0 heterocycles. The van der Waals surface area contributed by atoms with E-state index in [1.54, 1.807) is 31.4 Å². The minimum atomic E-state index is -0.948. The summed E-state index contributed by atoms with van der Waals surface area (Å²) in [6.07, 6.45) is 2.63. The van der Waals surface area contributed by atoms with Crippen LogP contribution >= 0.6 is 0 Å². The fourth-order valence-electron chi connectivity index (χ4n) is 0.883. The summed E-state index contributed by atoms with van der Waals surface area (Å²) < 4.78 is 4.95. The van der Waals surface area contributed by atoms with Crippen LogP contribution in [0.25, 0.3) is 6.08 Å². The van der Waals surface area contributed by atoms with Gasteiger partial charge in [-0.25, -0.2) is 4.79 Å². The number of hydrogen-bond acceptors (Lipinski definition) is 2. The minimum absolute atomic E-state index is 0. The zero-order valence-electron chi connectivity index (χ0n) is 7.23. The second-order valence-corrected chi connectivity index (χ2v) is 2.44. The first-order valence-corrected chi connectivity index (χ1v) is 3.77. The van der Waals surface area contributed by atoms with Crippen LogP contribution in [0.5, 0.6) is 5.75 Å². The summed E-state index contributed by atoms with van der Waals surface area (Å²) in [6, 6.07) is 7.14. The zero-order chi connectivity index (χ0) is 9.68. The van der Waals surface area contributed by atoms with Crippen molar-refractivity contribution in [3.8, 4) is 5.75 Å². The lowest BCUT2D eigenvalue weighted by atomic mass is 10.2. The van der Waals surface area contributed by atoms with E-state index >= 15 is 0 Å². The number of ether oxygens (including phenoxy) is 1. The highest BCUT2D eigenvalue weighted by molar-refractivity contribution is 5.85. The fourth-order valence-corrected chi connectivity index (χ4v) is 0.883. The predicted octanol–water partition coefficient (Wildman–Crippen LogP) is 2.43. The average Bonchev–Trinajstić information content (AvgIpc) is 2.15. The van der Waals surface area contributed by atoms with Gasteiger partial charge in [-0.15, -0.1) is 0 Å². The van der Waals surface area contributed by atoms with Crippen LogP contribution in [0.2, 0.25) is 0 Å². The molecule has 0 fully saturated rings. The largest absolute Gasteiger partial charge is 0.497 e. The van der Waals surface area contributed by atoms with E-state index in [1.807, 2.05) is 0 Å². The van der Waals surface area contributed by atoms with Crippen LogP contribution in [0.3, 0.4) is 0 Å². The summed E-state index contributed by atoms with van der Waals surface area (Å²) in [4.78, 5) is 10.2. The third kappa shape index (κ3) is 3.76. The Morgan fingerprint density at radius 3 is 2.36 bits per heavy atom. The first kappa shape index (κ1) is 12.2. The summed E-state index contributed by atoms with van der Waals surface area (Å²) >= 11 is 0. The number of hydrogen-bond donors (Lipinski definition) is 1. The van der Waals surface area contributed by atoms with Gasteiger partial charge in [0.05, 0.1) is 7.11 Å². The number of methoxy groups -OCH3 is 1. The topological polar surface area (TPSA) is 46.5 Å². The molecular weight excluding hydrogens is 180 g/mol. The lowest BCUT2D eigenvalue weighted by Crippen LogP contribution is -1.86. The molecule has 0 saturated heterocycles. The van der Waals surface area contributed by atoms with Crippen molar-refractivity contribution in [3.63, 3.8) is 0 Å². The van der Waals surface area contributed by atoms with E-state index in [2.05, 4.69) is 0 Å². The zero-order valence-corrected chi connectivity index (χ0v) is 7.23. The van der Waals surface area contributed by atoms with Gasteiger partial charge >= 0.3 is 5.97 Å². The van der Waals surface area contributed by atoms with Gasteiger partial charge in [0.1, 0.15) is 5.75 Å². The smallest absolute Gasteiger partial charge is 0.328 e. The minimum Gasteiger partial charge on any atom is -0.497 e. The van der Waals surface area contributed by atoms with Gasteiger partial charge in [0, 0.05) is 6.08 Å². The van der Waals surface area contributed by atoms with Crippen molar-refractivity contribution >= 4 is 12.0 Å². The molecule has 76 valence electrons. The Morgan fingerprint density at radius 1 is 1.36 bits per heavy atom. The maximum atomic E-state index is 10.2. The molecule has 1 aromatic carbocycles. The number of aliphatic carboxylic acids is 1. The van der Waals surface area contributed by atoms with Crippen LogP contribution in [0.15, 0.2) is 30.3 Å². The van der Waals surface area contributed by atoms with Crippen molar-refractivity contribution < 1.29 is 14.6 Å². The molecule has 0 spiro atoms. The average molecular weight is 194 g/mol. The first-order valence-electron chi connectivity index (χ1n) is 3.77. The molecular formula is C11H14O3. The van der Waals surface area contributed by atoms with Gasteiger partial charge in [0.2, 0.25) is 0 Å². The van der Waals surface area contributed by atoms with Crippen molar-refractivity contribution in [1.29, 1.82) is 0 Å². The Kier molecular flexibility index (Phi) is 5.07. The quantitative estimate of drug-likeness (QED) is 0.751. The van der Waals surface area contributed by atoms with Gasteiger partial charge in [-0.3, -0.25) is 0 Å². The van der Waals surface area contributed by atoms with Crippen LogP contribution in [0, 0.1) is 0 Å². The molecule has 1 N–H and O–H groups in total. The molecule has 0 amide bonds. The third-order valence-corrected chi connectivity index (χ3v) is 1.53. The molecule has 0 aromatic heterocycles. The van der Waals surface area contributed by atoms with Crippen molar-refractivity contribution in [1.82, 2.24) is 0 Å². The van der Waals surface area contributed by atoms with Crippen LogP contribution in [0.1, 0.15) is 13.0 Å². The number of carboxylic acids is 1. The van der Waals surface area contributed by atoms with E-state index in [-0.39, 0.29) is 7.43 Å². The molecule has 1 aromatic rings. The van der Waals surface area contributed by atoms with Gasteiger partial charge < -0.3 is 9.84 Å². The van der Waals surface area contributed by atoms with Gasteiger partial charge in [-0.2, -0.15) is 0 Å². The van der Waals surface area contributed by atoms with E-state index in [0.29, 0.717) is 0 Å². The summed E-state index contributed by atoms with van der Waals surface area (Å²) in [7, 11) is 1.59. The summed E-state index contributed by atoms with van der Waals surface area (Å²) in [5.74, 6) is -0.191. The van der Waals surface area contributed by atoms with E-state index in [0.717, 1.165) is 17.4 Å². The number of carbonyl (C=O) groups is 1. The van der Waals surface area contributed by atoms with Crippen molar-refractivity contribution in [3.05, 3.63) is 35.9 Å². The molecule has 0 atom stereocenters. The summed E-state index contributed by atoms with van der Waals surface area (Å²) in [6.45, 7) is 0. The molecule has 1 rings (SSSR count). The highest BCUT2D eigenvalue weighted by Gasteiger charge is 1.91. The highest BCUT2D eigenvalue weighted by atomic mass is 16.5. The van der Waals surface area contributed by atoms with Crippen LogP contribution in [-0.2, 0) is 4.79 Å². The van der Waals surface area contributed by atoms with Crippen LogP contribution in [-0.4, -0.2) is 18.2 Å². The Hall–Kier alpha value is -1.77. The first-order chi connectivity index (χ1) is 6.22. The van der Waals surface area contributed by atoms with Crippen molar-refractivity contribution in [2.75, 3.05) is 7.11 Å². The molecule has 0 bridgehead atoms. The predicted molar refractivity (Wildman–Crippen MR) is 56.4 cm³/mol. The van der Waals surface area contributed by atoms with Crippen molar-refractivity contribution in [2.45, 2.75) is 7.43 Å². The molecule has 3 heteroatoms. The lowest BCUT2D eigenvalue weighted by Gasteiger charge is -1.98. The van der Waals surface area contributed by atoms with Gasteiger partial charge in [-0.05, 0) is 23.8 Å². The SMILES string of the molecule is C.COc1ccc(/C=C/C(=O)O)cc1. The number of carboxylic acid groups (broad SMARTS) is 1. The molecule has 0 unspecified atom stereocenters. The second-order valence-electron chi connectivity index (χ2n) is 2.44. The van der Waals surface area contributed by atoms with Crippen LogP contribution < -0.4 is 4.74 Å². The van der Waals surface area contributed by atoms with E-state index in [9.17, 15) is 4.79 Å². The molecule has 0 aliphatic heterocycles. The maximum absolute atomic E-state index is 10.2. The molecule has 0 saturated carbocycles. The molecule has 0 radical (unpaired) electrons. The molecule has 0 aliphatic carbocycles. The molecule has 3 nitrogen and oxygen atoms in total. The second kappa shape index (κ2) is 5.80. The molecule has 0 aliphatic rings. The number of benzene rings is 1. The van der Waals surface area contributed by atoms with Crippen LogP contribution in [0.4, 0.5) is 0 Å². The van der Waals surface area contributed by atoms with E-state index in [1.165, 1.54) is 6.08 Å². The Balaban J connectivity index is 0.00000169. The van der Waals surface area contributed by atoms with E-state index in [4.69, 9.17) is 9.84 Å². The standard InChI is InChI=1S/C10H10O3.CH4/c1-13-9-5-2-8(3-6-9)4-7-10(11)12;/h2-7H,1H3,(H,11,12);1H4/b7-4+;. The van der Waals surface area contributed by atoms with Gasteiger partial charge in [0.15, 0.2) is 0 Å². The summed E-state index contributed by atoms with van der Waals surface area (Å²) in [5.41, 5.74) is 0.836. The Labute approximate surface area is 83.6 Å². The Morgan fingerprint density at radius 2 is 1.93 bits per heavy atom. The highest BCUT2D eigenvalue weighted by Crippen LogP contribution is 2.11. The Bertz CT molecular complexity index is 312. The number of rotatable bonds is 3. The lowest BCUT2D eigenvalue weighted by molar-refractivity contribution is -0.131. The van der Waals surface area contributed by atoms with Gasteiger partial charge in [-0.1, -0.05) is 19.6 Å². The van der Waals surface area contributed by atoms with Crippen molar-refractivity contribution in [2.24, 2.45) is 0 Å². The normalized spacial score (nSPS) is 9.50. The summed E-state index contributed by atoms with van der Waals surface area (Å²) in [5, 5.41) is 8.36. The molecule has 14 heavy (non-hydrogen) atoms. The van der Waals surface area contributed by atoms with E-state index < -0.39 is 5.97 Å². The monoisotopic (exact) mass is 194 g/mol. The third-order valence-electron chi connectivity index (χ3n) is 1.53.